The van der Waals surface area contributed by atoms with Crippen LogP contribution >= 0.6 is 0 Å². The average Bonchev–Trinajstić information content (AvgIpc) is 3.10. The van der Waals surface area contributed by atoms with Gasteiger partial charge in [-0.2, -0.15) is 5.10 Å². The summed E-state index contributed by atoms with van der Waals surface area (Å²) >= 11 is 0. The van der Waals surface area contributed by atoms with Crippen LogP contribution in [0.5, 0.6) is 0 Å². The van der Waals surface area contributed by atoms with E-state index in [0.29, 0.717) is 24.2 Å². The molecular weight excluding hydrogens is 355 g/mol. The van der Waals surface area contributed by atoms with E-state index in [1.165, 1.54) is 12.1 Å². The third-order valence-corrected chi connectivity index (χ3v) is 6.20. The summed E-state index contributed by atoms with van der Waals surface area (Å²) in [6.07, 6.45) is 5.72. The predicted molar refractivity (Wildman–Crippen MR) is 100 cm³/mol. The maximum atomic E-state index is 13.3. The number of rotatable bonds is 7. The van der Waals surface area contributed by atoms with Crippen molar-refractivity contribution in [2.45, 2.75) is 38.6 Å². The van der Waals surface area contributed by atoms with Crippen molar-refractivity contribution in [3.05, 3.63) is 42.3 Å². The van der Waals surface area contributed by atoms with Crippen LogP contribution in [0.1, 0.15) is 32.6 Å². The van der Waals surface area contributed by atoms with Crippen LogP contribution in [0.15, 0.2) is 36.5 Å². The standard InChI is InChI=1S/C18H25FN4O2S/c1-2-26(24,25)20-13-14-6-8-16(9-7-14)21-18-10-11-23(22-18)17-5-3-4-15(19)12-17/h3-5,10-12,14,16,20H,2,6-9,13H2,1H3,(H,21,22). The molecule has 26 heavy (non-hydrogen) atoms. The molecule has 0 bridgehead atoms. The molecule has 1 aliphatic carbocycles. The van der Waals surface area contributed by atoms with Crippen molar-refractivity contribution in [1.82, 2.24) is 14.5 Å². The smallest absolute Gasteiger partial charge is 0.211 e. The molecule has 0 amide bonds. The van der Waals surface area contributed by atoms with Gasteiger partial charge in [-0.15, -0.1) is 0 Å². The first-order chi connectivity index (χ1) is 12.4. The predicted octanol–water partition coefficient (Wildman–Crippen LogP) is 2.92. The Kier molecular flexibility index (Phi) is 5.93. The molecule has 8 heteroatoms. The molecule has 1 aliphatic rings. The number of aromatic nitrogens is 2. The average molecular weight is 380 g/mol. The molecule has 0 unspecified atom stereocenters. The van der Waals surface area contributed by atoms with Crippen molar-refractivity contribution in [3.8, 4) is 5.69 Å². The molecule has 2 aromatic rings. The highest BCUT2D eigenvalue weighted by molar-refractivity contribution is 7.89. The number of benzene rings is 1. The van der Waals surface area contributed by atoms with Gasteiger partial charge in [0.05, 0.1) is 11.4 Å². The van der Waals surface area contributed by atoms with Gasteiger partial charge in [-0.25, -0.2) is 22.2 Å². The Morgan fingerprint density at radius 2 is 2.00 bits per heavy atom. The van der Waals surface area contributed by atoms with E-state index in [9.17, 15) is 12.8 Å². The summed E-state index contributed by atoms with van der Waals surface area (Å²) in [4.78, 5) is 0. The van der Waals surface area contributed by atoms with Crippen LogP contribution in [0.25, 0.3) is 5.69 Å². The molecule has 1 aromatic carbocycles. The lowest BCUT2D eigenvalue weighted by molar-refractivity contribution is 0.337. The van der Waals surface area contributed by atoms with Crippen molar-refractivity contribution in [3.63, 3.8) is 0 Å². The Morgan fingerprint density at radius 3 is 2.69 bits per heavy atom. The highest BCUT2D eigenvalue weighted by Gasteiger charge is 2.22. The van der Waals surface area contributed by atoms with Gasteiger partial charge in [0.15, 0.2) is 0 Å². The van der Waals surface area contributed by atoms with Gasteiger partial charge in [0.2, 0.25) is 10.0 Å². The summed E-state index contributed by atoms with van der Waals surface area (Å²) in [5, 5.41) is 7.89. The second-order valence-electron chi connectivity index (χ2n) is 6.74. The molecule has 0 atom stereocenters. The van der Waals surface area contributed by atoms with Gasteiger partial charge < -0.3 is 5.32 Å². The first-order valence-corrected chi connectivity index (χ1v) is 10.7. The lowest BCUT2D eigenvalue weighted by atomic mass is 9.86. The van der Waals surface area contributed by atoms with E-state index in [1.807, 2.05) is 18.3 Å². The van der Waals surface area contributed by atoms with Crippen LogP contribution < -0.4 is 10.0 Å². The first kappa shape index (κ1) is 18.8. The zero-order valence-electron chi connectivity index (χ0n) is 14.9. The summed E-state index contributed by atoms with van der Waals surface area (Å²) in [5.41, 5.74) is 0.685. The van der Waals surface area contributed by atoms with Gasteiger partial charge in [-0.05, 0) is 56.7 Å². The molecule has 1 saturated carbocycles. The molecule has 1 aromatic heterocycles. The van der Waals surface area contributed by atoms with Crippen molar-refractivity contribution in [1.29, 1.82) is 0 Å². The Bertz CT molecular complexity index is 829. The van der Waals surface area contributed by atoms with E-state index in [-0.39, 0.29) is 11.6 Å². The van der Waals surface area contributed by atoms with Crippen molar-refractivity contribution >= 4 is 15.8 Å². The summed E-state index contributed by atoms with van der Waals surface area (Å²) < 4.78 is 40.7. The normalized spacial score (nSPS) is 20.8. The second kappa shape index (κ2) is 8.18. The van der Waals surface area contributed by atoms with Crippen LogP contribution in [0.3, 0.4) is 0 Å². The summed E-state index contributed by atoms with van der Waals surface area (Å²) in [6.45, 7) is 2.17. The van der Waals surface area contributed by atoms with E-state index < -0.39 is 10.0 Å². The number of anilines is 1. The second-order valence-corrected chi connectivity index (χ2v) is 8.83. The van der Waals surface area contributed by atoms with E-state index in [1.54, 1.807) is 17.7 Å². The van der Waals surface area contributed by atoms with Crippen LogP contribution in [-0.2, 0) is 10.0 Å². The van der Waals surface area contributed by atoms with Gasteiger partial charge in [-0.1, -0.05) is 6.07 Å². The Labute approximate surface area is 153 Å². The van der Waals surface area contributed by atoms with Gasteiger partial charge in [0.1, 0.15) is 11.6 Å². The van der Waals surface area contributed by atoms with E-state index in [0.717, 1.165) is 31.5 Å². The number of nitrogens with one attached hydrogen (secondary N) is 2. The molecule has 0 saturated heterocycles. The lowest BCUT2D eigenvalue weighted by Crippen LogP contribution is -2.34. The minimum atomic E-state index is -3.11. The van der Waals surface area contributed by atoms with Crippen molar-refractivity contribution < 1.29 is 12.8 Å². The van der Waals surface area contributed by atoms with Crippen LogP contribution in [0.2, 0.25) is 0 Å². The monoisotopic (exact) mass is 380 g/mol. The summed E-state index contributed by atoms with van der Waals surface area (Å²) in [7, 11) is -3.11. The topological polar surface area (TPSA) is 76.0 Å². The summed E-state index contributed by atoms with van der Waals surface area (Å²) in [6, 6.07) is 8.53. The minimum absolute atomic E-state index is 0.123. The fraction of sp³-hybridized carbons (Fsp3) is 0.500. The molecule has 0 radical (unpaired) electrons. The van der Waals surface area contributed by atoms with Gasteiger partial charge in [-0.3, -0.25) is 0 Å². The number of nitrogens with zero attached hydrogens (tertiary/aromatic N) is 2. The SMILES string of the molecule is CCS(=O)(=O)NCC1CCC(Nc2ccn(-c3cccc(F)c3)n2)CC1. The van der Waals surface area contributed by atoms with Gasteiger partial charge in [0.25, 0.3) is 0 Å². The van der Waals surface area contributed by atoms with Gasteiger partial charge >= 0.3 is 0 Å². The quantitative estimate of drug-likeness (QED) is 0.774. The number of sulfonamides is 1. The molecule has 142 valence electrons. The zero-order valence-corrected chi connectivity index (χ0v) is 15.7. The third-order valence-electron chi connectivity index (χ3n) is 4.83. The zero-order chi connectivity index (χ0) is 18.6. The molecular formula is C18H25FN4O2S. The number of hydrogen-bond acceptors (Lipinski definition) is 4. The highest BCUT2D eigenvalue weighted by atomic mass is 32.2. The van der Waals surface area contributed by atoms with Crippen molar-refractivity contribution in [2.75, 3.05) is 17.6 Å². The number of halogens is 1. The molecule has 6 nitrogen and oxygen atoms in total. The first-order valence-electron chi connectivity index (χ1n) is 9.00. The van der Waals surface area contributed by atoms with Crippen LogP contribution in [-0.4, -0.2) is 36.5 Å². The van der Waals surface area contributed by atoms with E-state index in [2.05, 4.69) is 15.1 Å². The van der Waals surface area contributed by atoms with Crippen LogP contribution in [0.4, 0.5) is 10.2 Å². The van der Waals surface area contributed by atoms with E-state index >= 15 is 0 Å². The molecule has 2 N–H and O–H groups in total. The fourth-order valence-electron chi connectivity index (χ4n) is 3.23. The lowest BCUT2D eigenvalue weighted by Gasteiger charge is -2.29. The van der Waals surface area contributed by atoms with Gasteiger partial charge in [0, 0.05) is 24.8 Å². The van der Waals surface area contributed by atoms with Crippen LogP contribution in [0, 0.1) is 11.7 Å². The maximum absolute atomic E-state index is 13.3. The third kappa shape index (κ3) is 5.04. The molecule has 0 aliphatic heterocycles. The Morgan fingerprint density at radius 1 is 1.23 bits per heavy atom. The Balaban J connectivity index is 1.49. The van der Waals surface area contributed by atoms with Crippen molar-refractivity contribution in [2.24, 2.45) is 5.92 Å². The highest BCUT2D eigenvalue weighted by Crippen LogP contribution is 2.26. The summed E-state index contributed by atoms with van der Waals surface area (Å²) in [5.74, 6) is 0.992. The molecule has 1 fully saturated rings. The Hall–Kier alpha value is -1.93. The maximum Gasteiger partial charge on any atom is 0.211 e. The fourth-order valence-corrected chi connectivity index (χ4v) is 3.92. The number of hydrogen-bond donors (Lipinski definition) is 2. The van der Waals surface area contributed by atoms with E-state index in [4.69, 9.17) is 0 Å². The minimum Gasteiger partial charge on any atom is -0.366 e. The molecule has 0 spiro atoms. The molecule has 3 rings (SSSR count). The molecule has 1 heterocycles. The largest absolute Gasteiger partial charge is 0.366 e.